The maximum Gasteiger partial charge on any atom is 0.363 e. The average Bonchev–Trinajstić information content (AvgIpc) is 2.96. The first kappa shape index (κ1) is 17.7. The summed E-state index contributed by atoms with van der Waals surface area (Å²) < 4.78 is 15.5. The fraction of sp³-hybridized carbons (Fsp3) is 0.105. The van der Waals surface area contributed by atoms with Crippen molar-refractivity contribution in [3.8, 4) is 11.5 Å². The zero-order valence-corrected chi connectivity index (χ0v) is 14.7. The summed E-state index contributed by atoms with van der Waals surface area (Å²) in [6.45, 7) is 1.30. The molecule has 0 saturated carbocycles. The molecule has 3 rings (SSSR count). The van der Waals surface area contributed by atoms with Gasteiger partial charge in [-0.1, -0.05) is 29.8 Å². The number of hydrogen-bond donors (Lipinski definition) is 0. The van der Waals surface area contributed by atoms with E-state index in [1.165, 1.54) is 14.0 Å². The van der Waals surface area contributed by atoms with Crippen LogP contribution in [0, 0.1) is 0 Å². The second kappa shape index (κ2) is 7.41. The van der Waals surface area contributed by atoms with Crippen LogP contribution in [0.3, 0.4) is 0 Å². The number of cyclic esters (lactones) is 1. The van der Waals surface area contributed by atoms with Crippen LogP contribution in [0.15, 0.2) is 53.2 Å². The SMILES string of the molecule is COc1cc(/C=C2\N=C(c3ccccc3Cl)OC2=O)ccc1OC(C)=O. The van der Waals surface area contributed by atoms with Crippen molar-refractivity contribution in [2.45, 2.75) is 6.92 Å². The summed E-state index contributed by atoms with van der Waals surface area (Å²) in [6, 6.07) is 11.8. The molecular formula is C19H14ClNO5. The van der Waals surface area contributed by atoms with Gasteiger partial charge in [-0.3, -0.25) is 4.79 Å². The van der Waals surface area contributed by atoms with E-state index in [2.05, 4.69) is 4.99 Å². The number of methoxy groups -OCH3 is 1. The third-order valence-corrected chi connectivity index (χ3v) is 3.80. The number of aliphatic imine (C=N–C) groups is 1. The summed E-state index contributed by atoms with van der Waals surface area (Å²) in [6.07, 6.45) is 1.55. The second-order valence-electron chi connectivity index (χ2n) is 5.32. The van der Waals surface area contributed by atoms with Crippen molar-refractivity contribution in [2.24, 2.45) is 4.99 Å². The van der Waals surface area contributed by atoms with Gasteiger partial charge in [-0.2, -0.15) is 0 Å². The van der Waals surface area contributed by atoms with Crippen LogP contribution in [0.25, 0.3) is 6.08 Å². The number of carbonyl (C=O) groups is 2. The predicted molar refractivity (Wildman–Crippen MR) is 96.4 cm³/mol. The summed E-state index contributed by atoms with van der Waals surface area (Å²) in [4.78, 5) is 27.4. The standard InChI is InChI=1S/C19H14ClNO5/c1-11(22)25-16-8-7-12(10-17(16)24-2)9-15-19(23)26-18(21-15)13-5-3-4-6-14(13)20/h3-10H,1-2H3/b15-9-. The molecule has 1 heterocycles. The number of benzene rings is 2. The van der Waals surface area contributed by atoms with E-state index in [9.17, 15) is 9.59 Å². The topological polar surface area (TPSA) is 74.2 Å². The molecule has 2 aromatic rings. The van der Waals surface area contributed by atoms with E-state index in [-0.39, 0.29) is 17.3 Å². The number of ether oxygens (including phenoxy) is 3. The van der Waals surface area contributed by atoms with Crippen molar-refractivity contribution in [1.29, 1.82) is 0 Å². The minimum atomic E-state index is -0.581. The highest BCUT2D eigenvalue weighted by Gasteiger charge is 2.25. The van der Waals surface area contributed by atoms with Crippen LogP contribution < -0.4 is 9.47 Å². The Balaban J connectivity index is 1.93. The third-order valence-electron chi connectivity index (χ3n) is 3.47. The Kier molecular flexibility index (Phi) is 5.04. The largest absolute Gasteiger partial charge is 0.493 e. The molecule has 26 heavy (non-hydrogen) atoms. The Bertz CT molecular complexity index is 949. The minimum absolute atomic E-state index is 0.127. The van der Waals surface area contributed by atoms with Crippen molar-refractivity contribution in [2.75, 3.05) is 7.11 Å². The predicted octanol–water partition coefficient (Wildman–Crippen LogP) is 3.62. The van der Waals surface area contributed by atoms with Crippen molar-refractivity contribution in [3.63, 3.8) is 0 Å². The van der Waals surface area contributed by atoms with E-state index < -0.39 is 11.9 Å². The van der Waals surface area contributed by atoms with E-state index >= 15 is 0 Å². The molecule has 1 aliphatic rings. The Morgan fingerprint density at radius 1 is 1.19 bits per heavy atom. The van der Waals surface area contributed by atoms with Crippen molar-refractivity contribution in [3.05, 3.63) is 64.3 Å². The minimum Gasteiger partial charge on any atom is -0.493 e. The van der Waals surface area contributed by atoms with Crippen LogP contribution in [-0.4, -0.2) is 24.9 Å². The molecule has 0 N–H and O–H groups in total. The molecule has 0 unspecified atom stereocenters. The molecule has 2 aromatic carbocycles. The highest BCUT2D eigenvalue weighted by molar-refractivity contribution is 6.34. The van der Waals surface area contributed by atoms with Gasteiger partial charge < -0.3 is 14.2 Å². The van der Waals surface area contributed by atoms with Gasteiger partial charge in [0.05, 0.1) is 17.7 Å². The van der Waals surface area contributed by atoms with Crippen LogP contribution in [0.4, 0.5) is 0 Å². The highest BCUT2D eigenvalue weighted by atomic mass is 35.5. The maximum absolute atomic E-state index is 12.1. The van der Waals surface area contributed by atoms with E-state index in [0.29, 0.717) is 21.9 Å². The second-order valence-corrected chi connectivity index (χ2v) is 5.73. The fourth-order valence-electron chi connectivity index (χ4n) is 2.33. The lowest BCUT2D eigenvalue weighted by Crippen LogP contribution is -2.05. The van der Waals surface area contributed by atoms with Gasteiger partial charge in [-0.25, -0.2) is 9.79 Å². The summed E-state index contributed by atoms with van der Waals surface area (Å²) in [5, 5.41) is 0.438. The van der Waals surface area contributed by atoms with Gasteiger partial charge in [0.1, 0.15) is 0 Å². The molecule has 132 valence electrons. The molecule has 0 amide bonds. The number of hydrogen-bond acceptors (Lipinski definition) is 6. The molecule has 0 spiro atoms. The summed E-state index contributed by atoms with van der Waals surface area (Å²) in [5.41, 5.74) is 1.30. The van der Waals surface area contributed by atoms with Crippen LogP contribution in [0.2, 0.25) is 5.02 Å². The number of nitrogens with zero attached hydrogens (tertiary/aromatic N) is 1. The maximum atomic E-state index is 12.1. The molecule has 0 atom stereocenters. The molecular weight excluding hydrogens is 358 g/mol. The molecule has 7 heteroatoms. The van der Waals surface area contributed by atoms with Gasteiger partial charge in [-0.15, -0.1) is 0 Å². The molecule has 0 radical (unpaired) electrons. The number of esters is 2. The summed E-state index contributed by atoms with van der Waals surface area (Å²) >= 11 is 6.11. The highest BCUT2D eigenvalue weighted by Crippen LogP contribution is 2.30. The lowest BCUT2D eigenvalue weighted by Gasteiger charge is -2.08. The normalized spacial score (nSPS) is 14.8. The van der Waals surface area contributed by atoms with E-state index in [4.69, 9.17) is 25.8 Å². The zero-order chi connectivity index (χ0) is 18.7. The van der Waals surface area contributed by atoms with E-state index in [1.54, 1.807) is 48.5 Å². The van der Waals surface area contributed by atoms with Gasteiger partial charge in [-0.05, 0) is 35.9 Å². The van der Waals surface area contributed by atoms with Gasteiger partial charge >= 0.3 is 11.9 Å². The molecule has 0 aliphatic carbocycles. The van der Waals surface area contributed by atoms with Gasteiger partial charge in [0, 0.05) is 6.92 Å². The first-order valence-corrected chi connectivity index (χ1v) is 7.99. The lowest BCUT2D eigenvalue weighted by atomic mass is 10.1. The van der Waals surface area contributed by atoms with E-state index in [0.717, 1.165) is 0 Å². The average molecular weight is 372 g/mol. The van der Waals surface area contributed by atoms with Gasteiger partial charge in [0.2, 0.25) is 5.90 Å². The number of halogens is 1. The van der Waals surface area contributed by atoms with Crippen LogP contribution in [0.1, 0.15) is 18.1 Å². The monoisotopic (exact) mass is 371 g/mol. The quantitative estimate of drug-likeness (QED) is 0.466. The number of carbonyl (C=O) groups excluding carboxylic acids is 2. The first-order valence-electron chi connectivity index (χ1n) is 7.62. The molecule has 0 bridgehead atoms. The van der Waals surface area contributed by atoms with Gasteiger partial charge in [0.25, 0.3) is 0 Å². The Hall–Kier alpha value is -3.12. The fourth-order valence-corrected chi connectivity index (χ4v) is 2.55. The third kappa shape index (κ3) is 3.75. The smallest absolute Gasteiger partial charge is 0.363 e. The van der Waals surface area contributed by atoms with Crippen molar-refractivity contribution < 1.29 is 23.8 Å². The Morgan fingerprint density at radius 2 is 1.96 bits per heavy atom. The zero-order valence-electron chi connectivity index (χ0n) is 14.0. The summed E-state index contributed by atoms with van der Waals surface area (Å²) in [7, 11) is 1.46. The van der Waals surface area contributed by atoms with Gasteiger partial charge in [0.15, 0.2) is 17.2 Å². The van der Waals surface area contributed by atoms with Crippen molar-refractivity contribution >= 4 is 35.5 Å². The Labute approximate surface area is 154 Å². The Morgan fingerprint density at radius 3 is 2.65 bits per heavy atom. The first-order chi connectivity index (χ1) is 12.5. The summed E-state index contributed by atoms with van der Waals surface area (Å²) in [5.74, 6) is -0.242. The molecule has 0 fully saturated rings. The number of rotatable bonds is 4. The van der Waals surface area contributed by atoms with Crippen LogP contribution in [0.5, 0.6) is 11.5 Å². The van der Waals surface area contributed by atoms with E-state index in [1.807, 2.05) is 0 Å². The molecule has 6 nitrogen and oxygen atoms in total. The van der Waals surface area contributed by atoms with Crippen LogP contribution >= 0.6 is 11.6 Å². The molecule has 1 aliphatic heterocycles. The molecule has 0 saturated heterocycles. The molecule has 0 aromatic heterocycles. The van der Waals surface area contributed by atoms with Crippen LogP contribution in [-0.2, 0) is 14.3 Å². The lowest BCUT2D eigenvalue weighted by molar-refractivity contribution is -0.132. The van der Waals surface area contributed by atoms with Crippen molar-refractivity contribution in [1.82, 2.24) is 0 Å².